The van der Waals surface area contributed by atoms with E-state index in [4.69, 9.17) is 0 Å². The van der Waals surface area contributed by atoms with Crippen LogP contribution in [0, 0.1) is 0 Å². The summed E-state index contributed by atoms with van der Waals surface area (Å²) in [6.45, 7) is 0.906. The third-order valence-electron chi connectivity index (χ3n) is 2.86. The van der Waals surface area contributed by atoms with Crippen LogP contribution >= 0.6 is 31.9 Å². The molecule has 0 aliphatic rings. The maximum atomic E-state index is 3.54. The molecule has 0 aromatic heterocycles. The molecule has 0 amide bonds. The van der Waals surface area contributed by atoms with Crippen molar-refractivity contribution in [2.45, 2.75) is 11.9 Å². The summed E-state index contributed by atoms with van der Waals surface area (Å²) < 4.78 is 1.13. The van der Waals surface area contributed by atoms with E-state index >= 15 is 0 Å². The van der Waals surface area contributed by atoms with Gasteiger partial charge in [-0.05, 0) is 29.3 Å². The highest BCUT2D eigenvalue weighted by Gasteiger charge is 2.06. The zero-order chi connectivity index (χ0) is 13.0. The summed E-state index contributed by atoms with van der Waals surface area (Å²) in [5.41, 5.74) is 3.89. The summed E-state index contributed by atoms with van der Waals surface area (Å²) in [5.74, 6) is 0. The van der Waals surface area contributed by atoms with Gasteiger partial charge < -0.3 is 4.90 Å². The molecule has 2 aromatic rings. The molecule has 0 saturated carbocycles. The van der Waals surface area contributed by atoms with Crippen molar-refractivity contribution in [2.75, 3.05) is 11.9 Å². The van der Waals surface area contributed by atoms with Gasteiger partial charge in [-0.2, -0.15) is 0 Å². The third kappa shape index (κ3) is 3.36. The highest BCUT2D eigenvalue weighted by molar-refractivity contribution is 9.10. The first-order valence-corrected chi connectivity index (χ1v) is 7.71. The SMILES string of the molecule is CN(Cc1cccc(Br)c1)c1ccccc1CBr. The first-order valence-electron chi connectivity index (χ1n) is 5.80. The van der Waals surface area contributed by atoms with Crippen LogP contribution in [-0.4, -0.2) is 7.05 Å². The molecule has 2 rings (SSSR count). The second-order valence-electron chi connectivity index (χ2n) is 4.25. The van der Waals surface area contributed by atoms with Gasteiger partial charge in [0, 0.05) is 29.1 Å². The largest absolute Gasteiger partial charge is 0.370 e. The summed E-state index contributed by atoms with van der Waals surface area (Å²) in [6.07, 6.45) is 0. The Hall–Kier alpha value is -0.800. The molecule has 3 heteroatoms. The first-order chi connectivity index (χ1) is 8.70. The van der Waals surface area contributed by atoms with Crippen molar-refractivity contribution in [3.63, 3.8) is 0 Å². The molecule has 0 radical (unpaired) electrons. The molecule has 0 heterocycles. The zero-order valence-corrected chi connectivity index (χ0v) is 13.4. The Morgan fingerprint density at radius 1 is 1.06 bits per heavy atom. The van der Waals surface area contributed by atoms with Crippen LogP contribution in [0.3, 0.4) is 0 Å². The second-order valence-corrected chi connectivity index (χ2v) is 5.72. The van der Waals surface area contributed by atoms with Crippen LogP contribution in [0.4, 0.5) is 5.69 Å². The number of anilines is 1. The molecule has 2 aromatic carbocycles. The molecule has 18 heavy (non-hydrogen) atoms. The molecule has 0 unspecified atom stereocenters. The minimum Gasteiger partial charge on any atom is -0.370 e. The second kappa shape index (κ2) is 6.39. The molecular weight excluding hydrogens is 354 g/mol. The topological polar surface area (TPSA) is 3.24 Å². The minimum atomic E-state index is 0.881. The van der Waals surface area contributed by atoms with Gasteiger partial charge in [0.05, 0.1) is 0 Å². The fourth-order valence-corrected chi connectivity index (χ4v) is 2.91. The Morgan fingerprint density at radius 2 is 1.83 bits per heavy atom. The number of alkyl halides is 1. The zero-order valence-electron chi connectivity index (χ0n) is 10.2. The Balaban J connectivity index is 2.19. The Morgan fingerprint density at radius 3 is 2.56 bits per heavy atom. The summed E-state index contributed by atoms with van der Waals surface area (Å²) in [5, 5.41) is 0.881. The highest BCUT2D eigenvalue weighted by Crippen LogP contribution is 2.23. The number of nitrogens with zero attached hydrogens (tertiary/aromatic N) is 1. The fraction of sp³-hybridized carbons (Fsp3) is 0.200. The van der Waals surface area contributed by atoms with Crippen molar-refractivity contribution in [1.29, 1.82) is 0 Å². The molecule has 0 bridgehead atoms. The van der Waals surface area contributed by atoms with Crippen LogP contribution < -0.4 is 4.90 Å². The molecule has 0 atom stereocenters. The van der Waals surface area contributed by atoms with E-state index in [1.54, 1.807) is 0 Å². The van der Waals surface area contributed by atoms with Crippen LogP contribution in [0.1, 0.15) is 11.1 Å². The van der Waals surface area contributed by atoms with E-state index in [2.05, 4.69) is 92.3 Å². The van der Waals surface area contributed by atoms with Crippen molar-refractivity contribution < 1.29 is 0 Å². The van der Waals surface area contributed by atoms with Crippen molar-refractivity contribution >= 4 is 37.5 Å². The van der Waals surface area contributed by atoms with Crippen LogP contribution in [0.15, 0.2) is 53.0 Å². The van der Waals surface area contributed by atoms with Crippen molar-refractivity contribution in [3.05, 3.63) is 64.1 Å². The van der Waals surface area contributed by atoms with E-state index in [0.29, 0.717) is 0 Å². The molecule has 0 fully saturated rings. The third-order valence-corrected chi connectivity index (χ3v) is 3.95. The lowest BCUT2D eigenvalue weighted by molar-refractivity contribution is 0.916. The average molecular weight is 369 g/mol. The highest BCUT2D eigenvalue weighted by atomic mass is 79.9. The molecule has 0 aliphatic carbocycles. The predicted octanol–water partition coefficient (Wildman–Crippen LogP) is 4.98. The predicted molar refractivity (Wildman–Crippen MR) is 85.3 cm³/mol. The molecule has 0 N–H and O–H groups in total. The van der Waals surface area contributed by atoms with Gasteiger partial charge >= 0.3 is 0 Å². The van der Waals surface area contributed by atoms with Gasteiger partial charge in [-0.15, -0.1) is 0 Å². The van der Waals surface area contributed by atoms with Gasteiger partial charge in [0.1, 0.15) is 0 Å². The summed E-state index contributed by atoms with van der Waals surface area (Å²) in [6, 6.07) is 16.9. The number of benzene rings is 2. The molecule has 94 valence electrons. The molecule has 0 aliphatic heterocycles. The maximum absolute atomic E-state index is 3.54. The lowest BCUT2D eigenvalue weighted by Gasteiger charge is -2.22. The molecule has 0 spiro atoms. The van der Waals surface area contributed by atoms with E-state index in [1.165, 1.54) is 16.8 Å². The maximum Gasteiger partial charge on any atom is 0.0426 e. The van der Waals surface area contributed by atoms with E-state index in [0.717, 1.165) is 16.3 Å². The minimum absolute atomic E-state index is 0.881. The standard InChI is InChI=1S/C15H15Br2N/c1-18(11-12-5-4-7-14(17)9-12)15-8-3-2-6-13(15)10-16/h2-9H,10-11H2,1H3. The Kier molecular flexibility index (Phi) is 4.84. The van der Waals surface area contributed by atoms with Gasteiger partial charge in [-0.25, -0.2) is 0 Å². The lowest BCUT2D eigenvalue weighted by Crippen LogP contribution is -2.17. The monoisotopic (exact) mass is 367 g/mol. The van der Waals surface area contributed by atoms with E-state index in [-0.39, 0.29) is 0 Å². The van der Waals surface area contributed by atoms with E-state index in [1.807, 2.05) is 0 Å². The number of hydrogen-bond acceptors (Lipinski definition) is 1. The fourth-order valence-electron chi connectivity index (χ4n) is 1.99. The van der Waals surface area contributed by atoms with Crippen molar-refractivity contribution in [2.24, 2.45) is 0 Å². The first kappa shape index (κ1) is 13.6. The lowest BCUT2D eigenvalue weighted by atomic mass is 10.1. The van der Waals surface area contributed by atoms with Gasteiger partial charge in [-0.1, -0.05) is 62.2 Å². The van der Waals surface area contributed by atoms with E-state index < -0.39 is 0 Å². The Labute approximate surface area is 125 Å². The van der Waals surface area contributed by atoms with Crippen LogP contribution in [0.25, 0.3) is 0 Å². The number of halogens is 2. The quantitative estimate of drug-likeness (QED) is 0.688. The van der Waals surface area contributed by atoms with Gasteiger partial charge in [-0.3, -0.25) is 0 Å². The van der Waals surface area contributed by atoms with Crippen LogP contribution in [0.5, 0.6) is 0 Å². The van der Waals surface area contributed by atoms with Crippen LogP contribution in [-0.2, 0) is 11.9 Å². The molecular formula is C15H15Br2N. The number of rotatable bonds is 4. The summed E-state index contributed by atoms with van der Waals surface area (Å²) >= 11 is 7.05. The number of para-hydroxylation sites is 1. The van der Waals surface area contributed by atoms with Gasteiger partial charge in [0.15, 0.2) is 0 Å². The van der Waals surface area contributed by atoms with E-state index in [9.17, 15) is 0 Å². The van der Waals surface area contributed by atoms with Crippen LogP contribution in [0.2, 0.25) is 0 Å². The average Bonchev–Trinajstić information content (AvgIpc) is 2.38. The molecule has 1 nitrogen and oxygen atoms in total. The summed E-state index contributed by atoms with van der Waals surface area (Å²) in [4.78, 5) is 2.28. The van der Waals surface area contributed by atoms with Gasteiger partial charge in [0.25, 0.3) is 0 Å². The number of hydrogen-bond donors (Lipinski definition) is 0. The summed E-state index contributed by atoms with van der Waals surface area (Å²) in [7, 11) is 2.13. The smallest absolute Gasteiger partial charge is 0.0426 e. The van der Waals surface area contributed by atoms with Crippen molar-refractivity contribution in [1.82, 2.24) is 0 Å². The van der Waals surface area contributed by atoms with Gasteiger partial charge in [0.2, 0.25) is 0 Å². The molecule has 0 saturated heterocycles. The Bertz CT molecular complexity index is 525. The normalized spacial score (nSPS) is 10.4. The van der Waals surface area contributed by atoms with Crippen molar-refractivity contribution in [3.8, 4) is 0 Å².